The molecule has 2 aromatic rings. The second-order valence-electron chi connectivity index (χ2n) is 4.24. The summed E-state index contributed by atoms with van der Waals surface area (Å²) in [6.07, 6.45) is -0.757. The normalized spacial score (nSPS) is 12.2. The SMILES string of the molecule is COc1ccccc1C(O)Cc1cc(F)cc(F)c1. The van der Waals surface area contributed by atoms with Gasteiger partial charge in [0.2, 0.25) is 0 Å². The molecule has 0 aliphatic carbocycles. The van der Waals surface area contributed by atoms with Gasteiger partial charge in [0.25, 0.3) is 0 Å². The molecular weight excluding hydrogens is 250 g/mol. The third kappa shape index (κ3) is 3.29. The fraction of sp³-hybridized carbons (Fsp3) is 0.200. The van der Waals surface area contributed by atoms with Crippen LogP contribution in [0.25, 0.3) is 0 Å². The summed E-state index contributed by atoms with van der Waals surface area (Å²) >= 11 is 0. The van der Waals surface area contributed by atoms with Crippen LogP contribution in [0.4, 0.5) is 8.78 Å². The van der Waals surface area contributed by atoms with Gasteiger partial charge in [0.1, 0.15) is 17.4 Å². The van der Waals surface area contributed by atoms with Crippen molar-refractivity contribution in [3.8, 4) is 5.75 Å². The van der Waals surface area contributed by atoms with Crippen LogP contribution in [0.5, 0.6) is 5.75 Å². The Kier molecular flexibility index (Phi) is 4.12. The van der Waals surface area contributed by atoms with Gasteiger partial charge in [-0.25, -0.2) is 8.78 Å². The van der Waals surface area contributed by atoms with E-state index in [1.807, 2.05) is 0 Å². The number of para-hydroxylation sites is 1. The van der Waals surface area contributed by atoms with Crippen molar-refractivity contribution in [2.24, 2.45) is 0 Å². The highest BCUT2D eigenvalue weighted by molar-refractivity contribution is 5.36. The molecule has 1 unspecified atom stereocenters. The van der Waals surface area contributed by atoms with E-state index in [2.05, 4.69) is 0 Å². The van der Waals surface area contributed by atoms with Crippen molar-refractivity contribution in [2.45, 2.75) is 12.5 Å². The maximum atomic E-state index is 13.1. The molecule has 4 heteroatoms. The van der Waals surface area contributed by atoms with Gasteiger partial charge < -0.3 is 9.84 Å². The monoisotopic (exact) mass is 264 g/mol. The van der Waals surface area contributed by atoms with E-state index >= 15 is 0 Å². The molecule has 2 rings (SSSR count). The van der Waals surface area contributed by atoms with Crippen LogP contribution in [0.15, 0.2) is 42.5 Å². The number of rotatable bonds is 4. The molecule has 0 bridgehead atoms. The Morgan fingerprint density at radius 1 is 1.11 bits per heavy atom. The third-order valence-corrected chi connectivity index (χ3v) is 2.85. The molecule has 100 valence electrons. The van der Waals surface area contributed by atoms with Gasteiger partial charge in [-0.2, -0.15) is 0 Å². The van der Waals surface area contributed by atoms with E-state index < -0.39 is 17.7 Å². The number of aliphatic hydroxyl groups excluding tert-OH is 1. The first-order valence-electron chi connectivity index (χ1n) is 5.86. The van der Waals surface area contributed by atoms with E-state index in [1.165, 1.54) is 19.2 Å². The average Bonchev–Trinajstić information content (AvgIpc) is 2.37. The van der Waals surface area contributed by atoms with E-state index in [0.717, 1.165) is 6.07 Å². The van der Waals surface area contributed by atoms with Crippen molar-refractivity contribution in [3.63, 3.8) is 0 Å². The highest BCUT2D eigenvalue weighted by Gasteiger charge is 2.14. The summed E-state index contributed by atoms with van der Waals surface area (Å²) in [5.74, 6) is -0.753. The fourth-order valence-corrected chi connectivity index (χ4v) is 2.00. The zero-order valence-corrected chi connectivity index (χ0v) is 10.4. The van der Waals surface area contributed by atoms with Gasteiger partial charge in [-0.3, -0.25) is 0 Å². The Labute approximate surface area is 110 Å². The molecule has 0 aromatic heterocycles. The molecule has 0 spiro atoms. The van der Waals surface area contributed by atoms with Gasteiger partial charge in [-0.1, -0.05) is 18.2 Å². The minimum Gasteiger partial charge on any atom is -0.496 e. The first kappa shape index (κ1) is 13.5. The van der Waals surface area contributed by atoms with Crippen LogP contribution >= 0.6 is 0 Å². The van der Waals surface area contributed by atoms with Gasteiger partial charge >= 0.3 is 0 Å². The van der Waals surface area contributed by atoms with Crippen molar-refractivity contribution < 1.29 is 18.6 Å². The lowest BCUT2D eigenvalue weighted by Crippen LogP contribution is -2.04. The molecule has 0 saturated heterocycles. The molecule has 0 radical (unpaired) electrons. The average molecular weight is 264 g/mol. The number of benzene rings is 2. The highest BCUT2D eigenvalue weighted by Crippen LogP contribution is 2.27. The number of aliphatic hydroxyl groups is 1. The minimum atomic E-state index is -0.877. The van der Waals surface area contributed by atoms with E-state index in [4.69, 9.17) is 4.74 Å². The lowest BCUT2D eigenvalue weighted by Gasteiger charge is -2.14. The first-order valence-corrected chi connectivity index (χ1v) is 5.86. The molecule has 0 amide bonds. The number of hydrogen-bond donors (Lipinski definition) is 1. The topological polar surface area (TPSA) is 29.5 Å². The molecule has 0 aliphatic heterocycles. The molecule has 0 saturated carbocycles. The molecule has 1 N–H and O–H groups in total. The van der Waals surface area contributed by atoms with Crippen LogP contribution in [-0.4, -0.2) is 12.2 Å². The Balaban J connectivity index is 2.22. The summed E-state index contributed by atoms with van der Waals surface area (Å²) in [7, 11) is 1.51. The van der Waals surface area contributed by atoms with E-state index in [1.54, 1.807) is 24.3 Å². The van der Waals surface area contributed by atoms with Crippen LogP contribution in [0.2, 0.25) is 0 Å². The van der Waals surface area contributed by atoms with Crippen LogP contribution in [0, 0.1) is 11.6 Å². The second-order valence-corrected chi connectivity index (χ2v) is 4.24. The first-order chi connectivity index (χ1) is 9.10. The minimum absolute atomic E-state index is 0.120. The van der Waals surface area contributed by atoms with E-state index in [0.29, 0.717) is 16.9 Å². The molecule has 0 heterocycles. The lowest BCUT2D eigenvalue weighted by atomic mass is 10.0. The predicted octanol–water partition coefficient (Wildman–Crippen LogP) is 3.25. The zero-order valence-electron chi connectivity index (χ0n) is 10.4. The van der Waals surface area contributed by atoms with Gasteiger partial charge in [0.05, 0.1) is 13.2 Å². The quantitative estimate of drug-likeness (QED) is 0.918. The third-order valence-electron chi connectivity index (χ3n) is 2.85. The molecule has 1 atom stereocenters. The van der Waals surface area contributed by atoms with Gasteiger partial charge in [0.15, 0.2) is 0 Å². The second kappa shape index (κ2) is 5.80. The summed E-state index contributed by atoms with van der Waals surface area (Å²) in [6.45, 7) is 0. The molecule has 19 heavy (non-hydrogen) atoms. The van der Waals surface area contributed by atoms with Crippen LogP contribution < -0.4 is 4.74 Å². The molecular formula is C15H14F2O2. The van der Waals surface area contributed by atoms with Crippen LogP contribution in [-0.2, 0) is 6.42 Å². The van der Waals surface area contributed by atoms with E-state index in [-0.39, 0.29) is 6.42 Å². The summed E-state index contributed by atoms with van der Waals surface area (Å²) in [5, 5.41) is 10.1. The van der Waals surface area contributed by atoms with Crippen LogP contribution in [0.3, 0.4) is 0 Å². The zero-order chi connectivity index (χ0) is 13.8. The number of halogens is 2. The summed E-state index contributed by atoms with van der Waals surface area (Å²) in [5.41, 5.74) is 0.991. The molecule has 0 aliphatic rings. The standard InChI is InChI=1S/C15H14F2O2/c1-19-15-5-3-2-4-13(15)14(18)8-10-6-11(16)9-12(17)7-10/h2-7,9,14,18H,8H2,1H3. The summed E-state index contributed by atoms with van der Waals surface area (Å²) < 4.78 is 31.3. The number of hydrogen-bond acceptors (Lipinski definition) is 2. The Morgan fingerprint density at radius 3 is 2.37 bits per heavy atom. The largest absolute Gasteiger partial charge is 0.496 e. The number of ether oxygens (including phenoxy) is 1. The smallest absolute Gasteiger partial charge is 0.126 e. The van der Waals surface area contributed by atoms with Gasteiger partial charge in [-0.15, -0.1) is 0 Å². The highest BCUT2D eigenvalue weighted by atomic mass is 19.1. The van der Waals surface area contributed by atoms with Crippen molar-refractivity contribution in [1.82, 2.24) is 0 Å². The Morgan fingerprint density at radius 2 is 1.74 bits per heavy atom. The van der Waals surface area contributed by atoms with Crippen molar-refractivity contribution in [2.75, 3.05) is 7.11 Å². The van der Waals surface area contributed by atoms with Gasteiger partial charge in [0, 0.05) is 18.1 Å². The number of methoxy groups -OCH3 is 1. The molecule has 2 nitrogen and oxygen atoms in total. The molecule has 0 fully saturated rings. The van der Waals surface area contributed by atoms with Gasteiger partial charge in [-0.05, 0) is 23.8 Å². The molecule has 2 aromatic carbocycles. The van der Waals surface area contributed by atoms with Crippen molar-refractivity contribution >= 4 is 0 Å². The summed E-state index contributed by atoms with van der Waals surface area (Å²) in [4.78, 5) is 0. The van der Waals surface area contributed by atoms with Crippen molar-refractivity contribution in [1.29, 1.82) is 0 Å². The summed E-state index contributed by atoms with van der Waals surface area (Å²) in [6, 6.07) is 10.2. The van der Waals surface area contributed by atoms with E-state index in [9.17, 15) is 13.9 Å². The fourth-order valence-electron chi connectivity index (χ4n) is 2.00. The predicted molar refractivity (Wildman–Crippen MR) is 68.0 cm³/mol. The maximum Gasteiger partial charge on any atom is 0.126 e. The Bertz CT molecular complexity index is 550. The Hall–Kier alpha value is -1.94. The van der Waals surface area contributed by atoms with Crippen molar-refractivity contribution in [3.05, 3.63) is 65.2 Å². The maximum absolute atomic E-state index is 13.1. The lowest BCUT2D eigenvalue weighted by molar-refractivity contribution is 0.174. The van der Waals surface area contributed by atoms with Crippen LogP contribution in [0.1, 0.15) is 17.2 Å².